The third kappa shape index (κ3) is 2.30. The number of nitrogens with zero attached hydrogens (tertiary/aromatic N) is 2. The van der Waals surface area contributed by atoms with Crippen molar-refractivity contribution in [3.63, 3.8) is 0 Å². The minimum atomic E-state index is -0.917. The minimum Gasteiger partial charge on any atom is -0.481 e. The average molecular weight is 241 g/mol. The Hall–Kier alpha value is -1.63. The molecule has 1 aromatic rings. The van der Waals surface area contributed by atoms with Crippen LogP contribution in [0.15, 0.2) is 5.38 Å². The zero-order chi connectivity index (χ0) is 11.5. The highest BCUT2D eigenvalue weighted by molar-refractivity contribution is 7.14. The lowest BCUT2D eigenvalue weighted by atomic mass is 10.3. The van der Waals surface area contributed by atoms with Crippen LogP contribution in [0.3, 0.4) is 0 Å². The quantitative estimate of drug-likeness (QED) is 0.815. The molecule has 6 nitrogen and oxygen atoms in total. The summed E-state index contributed by atoms with van der Waals surface area (Å²) < 4.78 is 0. The monoisotopic (exact) mass is 241 g/mol. The van der Waals surface area contributed by atoms with E-state index in [4.69, 9.17) is 5.11 Å². The zero-order valence-electron chi connectivity index (χ0n) is 8.47. The number of carboxylic acids is 1. The molecule has 0 aromatic carbocycles. The van der Waals surface area contributed by atoms with Gasteiger partial charge in [-0.1, -0.05) is 0 Å². The normalized spacial score (nSPS) is 16.0. The van der Waals surface area contributed by atoms with E-state index in [1.165, 1.54) is 11.3 Å². The maximum atomic E-state index is 11.5. The Morgan fingerprint density at radius 2 is 2.50 bits per heavy atom. The first-order valence-corrected chi connectivity index (χ1v) is 5.76. The highest BCUT2D eigenvalue weighted by Crippen LogP contribution is 2.22. The molecular formula is C9H11N3O3S. The van der Waals surface area contributed by atoms with Crippen molar-refractivity contribution < 1.29 is 14.7 Å². The Morgan fingerprint density at radius 3 is 3.19 bits per heavy atom. The molecule has 2 heterocycles. The highest BCUT2D eigenvalue weighted by atomic mass is 32.1. The first kappa shape index (κ1) is 10.9. The number of hydrogen-bond donors (Lipinski definition) is 2. The second kappa shape index (κ2) is 4.48. The SMILES string of the molecule is O=C(O)Cc1csc(N2CCCNC2=O)n1. The third-order valence-corrected chi connectivity index (χ3v) is 3.10. The van der Waals surface area contributed by atoms with Crippen molar-refractivity contribution in [3.8, 4) is 0 Å². The summed E-state index contributed by atoms with van der Waals surface area (Å²) in [7, 11) is 0. The lowest BCUT2D eigenvalue weighted by Gasteiger charge is -2.24. The molecule has 7 heteroatoms. The van der Waals surface area contributed by atoms with Gasteiger partial charge in [-0.25, -0.2) is 9.78 Å². The van der Waals surface area contributed by atoms with E-state index in [9.17, 15) is 9.59 Å². The van der Waals surface area contributed by atoms with Gasteiger partial charge in [0.05, 0.1) is 12.1 Å². The maximum Gasteiger partial charge on any atom is 0.323 e. The van der Waals surface area contributed by atoms with Crippen molar-refractivity contribution in [2.24, 2.45) is 0 Å². The number of thiazole rings is 1. The molecule has 2 N–H and O–H groups in total. The minimum absolute atomic E-state index is 0.105. The number of hydrogen-bond acceptors (Lipinski definition) is 4. The number of aromatic nitrogens is 1. The molecule has 1 aliphatic heterocycles. The van der Waals surface area contributed by atoms with Crippen molar-refractivity contribution >= 4 is 28.5 Å². The Labute approximate surface area is 95.9 Å². The average Bonchev–Trinajstić information content (AvgIpc) is 2.66. The van der Waals surface area contributed by atoms with Crippen molar-refractivity contribution in [1.82, 2.24) is 10.3 Å². The van der Waals surface area contributed by atoms with E-state index < -0.39 is 5.97 Å². The second-order valence-electron chi connectivity index (χ2n) is 3.43. The Bertz CT molecular complexity index is 418. The Balaban J connectivity index is 2.11. The largest absolute Gasteiger partial charge is 0.481 e. The Morgan fingerprint density at radius 1 is 1.69 bits per heavy atom. The highest BCUT2D eigenvalue weighted by Gasteiger charge is 2.22. The summed E-state index contributed by atoms with van der Waals surface area (Å²) in [4.78, 5) is 27.7. The molecule has 1 aliphatic rings. The van der Waals surface area contributed by atoms with Crippen molar-refractivity contribution in [1.29, 1.82) is 0 Å². The third-order valence-electron chi connectivity index (χ3n) is 2.18. The smallest absolute Gasteiger partial charge is 0.323 e. The molecule has 1 fully saturated rings. The number of amides is 2. The predicted molar refractivity (Wildman–Crippen MR) is 58.8 cm³/mol. The molecule has 16 heavy (non-hydrogen) atoms. The molecule has 2 amide bonds. The van der Waals surface area contributed by atoms with Gasteiger partial charge in [0.25, 0.3) is 0 Å². The molecule has 1 saturated heterocycles. The summed E-state index contributed by atoms with van der Waals surface area (Å²) in [6.45, 7) is 1.31. The summed E-state index contributed by atoms with van der Waals surface area (Å²) in [6, 6.07) is -0.164. The molecular weight excluding hydrogens is 230 g/mol. The van der Waals surface area contributed by atoms with Crippen LogP contribution in [0.5, 0.6) is 0 Å². The number of carbonyl (C=O) groups is 2. The Kier molecular flexibility index (Phi) is 3.04. The first-order chi connectivity index (χ1) is 7.66. The van der Waals surface area contributed by atoms with Crippen molar-refractivity contribution in [2.75, 3.05) is 18.0 Å². The lowest BCUT2D eigenvalue weighted by molar-refractivity contribution is -0.136. The molecule has 0 unspecified atom stereocenters. The van der Waals surface area contributed by atoms with Gasteiger partial charge >= 0.3 is 12.0 Å². The van der Waals surface area contributed by atoms with E-state index in [0.717, 1.165) is 6.42 Å². The summed E-state index contributed by atoms with van der Waals surface area (Å²) in [5.41, 5.74) is 0.492. The fourth-order valence-corrected chi connectivity index (χ4v) is 2.32. The molecule has 2 rings (SSSR count). The summed E-state index contributed by atoms with van der Waals surface area (Å²) >= 11 is 1.29. The van der Waals surface area contributed by atoms with Crippen LogP contribution >= 0.6 is 11.3 Å². The van der Waals surface area contributed by atoms with Crippen LogP contribution in [0.1, 0.15) is 12.1 Å². The van der Waals surface area contributed by atoms with Crippen LogP contribution in [0.4, 0.5) is 9.93 Å². The van der Waals surface area contributed by atoms with Crippen molar-refractivity contribution in [2.45, 2.75) is 12.8 Å². The standard InChI is InChI=1S/C9H11N3O3S/c13-7(14)4-6-5-16-9(11-6)12-3-1-2-10-8(12)15/h5H,1-4H2,(H,10,15)(H,13,14). The van der Waals surface area contributed by atoms with Crippen LogP contribution in [0.2, 0.25) is 0 Å². The topological polar surface area (TPSA) is 82.5 Å². The molecule has 86 valence electrons. The van der Waals surface area contributed by atoms with E-state index in [-0.39, 0.29) is 12.5 Å². The molecule has 0 radical (unpaired) electrons. The van der Waals surface area contributed by atoms with E-state index in [2.05, 4.69) is 10.3 Å². The van der Waals surface area contributed by atoms with Crippen LogP contribution in [-0.2, 0) is 11.2 Å². The van der Waals surface area contributed by atoms with E-state index in [1.54, 1.807) is 10.3 Å². The summed E-state index contributed by atoms with van der Waals surface area (Å²) in [6.07, 6.45) is 0.769. The number of carboxylic acid groups (broad SMARTS) is 1. The van der Waals surface area contributed by atoms with Crippen LogP contribution in [0, 0.1) is 0 Å². The van der Waals surface area contributed by atoms with Crippen LogP contribution < -0.4 is 10.2 Å². The number of anilines is 1. The number of carbonyl (C=O) groups excluding carboxylic acids is 1. The first-order valence-electron chi connectivity index (χ1n) is 4.88. The van der Waals surface area contributed by atoms with Crippen molar-refractivity contribution in [3.05, 3.63) is 11.1 Å². The number of aliphatic carboxylic acids is 1. The van der Waals surface area contributed by atoms with Crippen LogP contribution in [0.25, 0.3) is 0 Å². The van der Waals surface area contributed by atoms with E-state index >= 15 is 0 Å². The van der Waals surface area contributed by atoms with Gasteiger partial charge in [0.15, 0.2) is 5.13 Å². The van der Waals surface area contributed by atoms with Crippen LogP contribution in [-0.4, -0.2) is 35.2 Å². The lowest BCUT2D eigenvalue weighted by Crippen LogP contribution is -2.46. The number of nitrogens with one attached hydrogen (secondary N) is 1. The fourth-order valence-electron chi connectivity index (χ4n) is 1.47. The zero-order valence-corrected chi connectivity index (χ0v) is 9.29. The van der Waals surface area contributed by atoms with Gasteiger partial charge in [-0.05, 0) is 6.42 Å². The van der Waals surface area contributed by atoms with Gasteiger partial charge in [-0.2, -0.15) is 0 Å². The summed E-state index contributed by atoms with van der Waals surface area (Å²) in [5, 5.41) is 13.6. The molecule has 1 aromatic heterocycles. The van der Waals surface area contributed by atoms with Gasteiger partial charge in [0.1, 0.15) is 0 Å². The van der Waals surface area contributed by atoms with E-state index in [1.807, 2.05) is 0 Å². The number of rotatable bonds is 3. The predicted octanol–water partition coefficient (Wildman–Crippen LogP) is 0.690. The summed E-state index contributed by atoms with van der Waals surface area (Å²) in [5.74, 6) is -0.917. The van der Waals surface area contributed by atoms with Gasteiger partial charge in [-0.3, -0.25) is 9.69 Å². The van der Waals surface area contributed by atoms with Gasteiger partial charge < -0.3 is 10.4 Å². The second-order valence-corrected chi connectivity index (χ2v) is 4.27. The van der Waals surface area contributed by atoms with Gasteiger partial charge in [0, 0.05) is 18.5 Å². The van der Waals surface area contributed by atoms with Gasteiger partial charge in [0.2, 0.25) is 0 Å². The molecule has 0 atom stereocenters. The fraction of sp³-hybridized carbons (Fsp3) is 0.444. The molecule has 0 saturated carbocycles. The number of urea groups is 1. The molecule has 0 spiro atoms. The molecule has 0 aliphatic carbocycles. The van der Waals surface area contributed by atoms with E-state index in [0.29, 0.717) is 23.9 Å². The maximum absolute atomic E-state index is 11.5. The van der Waals surface area contributed by atoms with Gasteiger partial charge in [-0.15, -0.1) is 11.3 Å². The molecule has 0 bridgehead atoms.